The number of carbonyl (C=O) groups excluding carboxylic acids is 2. The number of nitrogens with one attached hydrogen (secondary N) is 1. The molecule has 5 heteroatoms. The Morgan fingerprint density at radius 3 is 2.37 bits per heavy atom. The maximum Gasteiger partial charge on any atom is 0.329 e. The van der Waals surface area contributed by atoms with Gasteiger partial charge in [-0.25, -0.2) is 4.79 Å². The van der Waals surface area contributed by atoms with Gasteiger partial charge in [0, 0.05) is 4.75 Å². The van der Waals surface area contributed by atoms with Crippen LogP contribution in [0.1, 0.15) is 19.4 Å². The van der Waals surface area contributed by atoms with Crippen LogP contribution >= 0.6 is 12.6 Å². The molecule has 0 saturated heterocycles. The number of hydrogen-bond donors (Lipinski definition) is 2. The molecule has 0 spiro atoms. The number of benzene rings is 1. The van der Waals surface area contributed by atoms with Gasteiger partial charge in [0.25, 0.3) is 0 Å². The summed E-state index contributed by atoms with van der Waals surface area (Å²) in [5.41, 5.74) is 0.889. The molecule has 19 heavy (non-hydrogen) atoms. The third kappa shape index (κ3) is 4.95. The van der Waals surface area contributed by atoms with Crippen molar-refractivity contribution in [1.82, 2.24) is 5.32 Å². The van der Waals surface area contributed by atoms with Gasteiger partial charge in [-0.15, -0.1) is 0 Å². The Balaban J connectivity index is 2.70. The molecule has 0 aliphatic heterocycles. The van der Waals surface area contributed by atoms with Crippen LogP contribution in [0.5, 0.6) is 0 Å². The van der Waals surface area contributed by atoms with Crippen LogP contribution in [-0.2, 0) is 20.7 Å². The molecule has 0 aliphatic rings. The molecule has 0 aliphatic carbocycles. The quantitative estimate of drug-likeness (QED) is 0.636. The van der Waals surface area contributed by atoms with E-state index in [0.717, 1.165) is 5.56 Å². The van der Waals surface area contributed by atoms with E-state index in [-0.39, 0.29) is 12.3 Å². The number of amides is 1. The Morgan fingerprint density at radius 2 is 1.89 bits per heavy atom. The van der Waals surface area contributed by atoms with E-state index in [0.29, 0.717) is 0 Å². The van der Waals surface area contributed by atoms with E-state index in [1.165, 1.54) is 7.11 Å². The lowest BCUT2D eigenvalue weighted by atomic mass is 10.0. The Morgan fingerprint density at radius 1 is 1.32 bits per heavy atom. The van der Waals surface area contributed by atoms with Crippen molar-refractivity contribution in [3.8, 4) is 0 Å². The number of carbonyl (C=O) groups is 2. The fraction of sp³-hybridized carbons (Fsp3) is 0.429. The lowest BCUT2D eigenvalue weighted by molar-refractivity contribution is -0.145. The first kappa shape index (κ1) is 15.6. The smallest absolute Gasteiger partial charge is 0.329 e. The lowest BCUT2D eigenvalue weighted by Gasteiger charge is -2.28. The maximum atomic E-state index is 11.9. The average molecular weight is 281 g/mol. The Bertz CT molecular complexity index is 440. The van der Waals surface area contributed by atoms with Crippen LogP contribution in [0.15, 0.2) is 30.3 Å². The highest BCUT2D eigenvalue weighted by Gasteiger charge is 2.34. The predicted octanol–water partition coefficient (Wildman–Crippen LogP) is 1.60. The Labute approximate surface area is 118 Å². The zero-order chi connectivity index (χ0) is 14.5. The minimum absolute atomic E-state index is 0.220. The van der Waals surface area contributed by atoms with Crippen molar-refractivity contribution < 1.29 is 14.3 Å². The van der Waals surface area contributed by atoms with E-state index >= 15 is 0 Å². The van der Waals surface area contributed by atoms with Gasteiger partial charge in [0.1, 0.15) is 6.04 Å². The zero-order valence-corrected chi connectivity index (χ0v) is 12.2. The maximum absolute atomic E-state index is 11.9. The second-order valence-corrected chi connectivity index (χ2v) is 5.99. The monoisotopic (exact) mass is 281 g/mol. The normalized spacial score (nSPS) is 12.6. The molecule has 0 saturated carbocycles. The summed E-state index contributed by atoms with van der Waals surface area (Å²) in [6, 6.07) is 8.55. The van der Waals surface area contributed by atoms with Gasteiger partial charge in [-0.05, 0) is 19.4 Å². The molecule has 0 unspecified atom stereocenters. The molecule has 4 nitrogen and oxygen atoms in total. The van der Waals surface area contributed by atoms with Crippen molar-refractivity contribution in [3.63, 3.8) is 0 Å². The number of esters is 1. The van der Waals surface area contributed by atoms with Gasteiger partial charge in [-0.2, -0.15) is 12.6 Å². The van der Waals surface area contributed by atoms with Crippen molar-refractivity contribution in [3.05, 3.63) is 35.9 Å². The van der Waals surface area contributed by atoms with E-state index < -0.39 is 16.8 Å². The second-order valence-electron chi connectivity index (χ2n) is 4.84. The van der Waals surface area contributed by atoms with Gasteiger partial charge in [-0.3, -0.25) is 4.79 Å². The number of rotatable bonds is 5. The van der Waals surface area contributed by atoms with Crippen LogP contribution in [0, 0.1) is 0 Å². The van der Waals surface area contributed by atoms with Crippen molar-refractivity contribution in [2.45, 2.75) is 31.1 Å². The van der Waals surface area contributed by atoms with Gasteiger partial charge >= 0.3 is 5.97 Å². The number of hydrogen-bond acceptors (Lipinski definition) is 4. The van der Waals surface area contributed by atoms with Crippen LogP contribution in [0.4, 0.5) is 0 Å². The van der Waals surface area contributed by atoms with Gasteiger partial charge in [0.05, 0.1) is 13.5 Å². The molecular formula is C14H19NO3S. The highest BCUT2D eigenvalue weighted by molar-refractivity contribution is 7.81. The minimum Gasteiger partial charge on any atom is -0.467 e. The van der Waals surface area contributed by atoms with Crippen LogP contribution in [0.2, 0.25) is 0 Å². The lowest BCUT2D eigenvalue weighted by Crippen LogP contribution is -2.52. The fourth-order valence-corrected chi connectivity index (χ4v) is 1.81. The standard InChI is InChI=1S/C14H19NO3S/c1-14(2,19)12(13(17)18-3)15-11(16)9-10-7-5-4-6-8-10/h4-8,12,19H,9H2,1-3H3,(H,15,16)/t12-/m1/s1. The highest BCUT2D eigenvalue weighted by atomic mass is 32.1. The number of ether oxygens (including phenoxy) is 1. The van der Waals surface area contributed by atoms with Gasteiger partial charge in [0.15, 0.2) is 0 Å². The molecular weight excluding hydrogens is 262 g/mol. The highest BCUT2D eigenvalue weighted by Crippen LogP contribution is 2.18. The van der Waals surface area contributed by atoms with Crippen LogP contribution in [0.25, 0.3) is 0 Å². The van der Waals surface area contributed by atoms with E-state index in [4.69, 9.17) is 0 Å². The van der Waals surface area contributed by atoms with Gasteiger partial charge < -0.3 is 10.1 Å². The average Bonchev–Trinajstić information content (AvgIpc) is 2.35. The molecule has 0 fully saturated rings. The molecule has 0 heterocycles. The molecule has 0 bridgehead atoms. The van der Waals surface area contributed by atoms with E-state index in [1.54, 1.807) is 13.8 Å². The SMILES string of the molecule is COC(=O)[C@@H](NC(=O)Cc1ccccc1)C(C)(C)S. The molecule has 1 aromatic carbocycles. The summed E-state index contributed by atoms with van der Waals surface area (Å²) >= 11 is 4.33. The molecule has 1 amide bonds. The third-order valence-electron chi connectivity index (χ3n) is 2.66. The molecule has 0 aromatic heterocycles. The predicted molar refractivity (Wildman–Crippen MR) is 77.2 cm³/mol. The first-order valence-corrected chi connectivity index (χ1v) is 6.43. The van der Waals surface area contributed by atoms with E-state index in [9.17, 15) is 9.59 Å². The van der Waals surface area contributed by atoms with Crippen molar-refractivity contribution in [2.75, 3.05) is 7.11 Å². The topological polar surface area (TPSA) is 55.4 Å². The van der Waals surface area contributed by atoms with Crippen molar-refractivity contribution >= 4 is 24.5 Å². The first-order valence-electron chi connectivity index (χ1n) is 5.98. The molecule has 1 aromatic rings. The summed E-state index contributed by atoms with van der Waals surface area (Å²) in [6.07, 6.45) is 0.220. The summed E-state index contributed by atoms with van der Waals surface area (Å²) in [5.74, 6) is -0.731. The minimum atomic E-state index is -0.781. The van der Waals surface area contributed by atoms with E-state index in [1.807, 2.05) is 30.3 Å². The summed E-state index contributed by atoms with van der Waals surface area (Å²) in [7, 11) is 1.29. The van der Waals surface area contributed by atoms with Crippen LogP contribution in [-0.4, -0.2) is 29.8 Å². The number of thiol groups is 1. The van der Waals surface area contributed by atoms with E-state index in [2.05, 4.69) is 22.7 Å². The van der Waals surface area contributed by atoms with Crippen LogP contribution < -0.4 is 5.32 Å². The first-order chi connectivity index (χ1) is 8.84. The largest absolute Gasteiger partial charge is 0.467 e. The summed E-state index contributed by atoms with van der Waals surface area (Å²) in [4.78, 5) is 23.6. The molecule has 1 atom stereocenters. The third-order valence-corrected chi connectivity index (χ3v) is 2.91. The second kappa shape index (κ2) is 6.61. The summed E-state index contributed by atoms with van der Waals surface area (Å²) in [5, 5.41) is 2.67. The molecule has 1 rings (SSSR count). The molecule has 1 N–H and O–H groups in total. The van der Waals surface area contributed by atoms with Crippen molar-refractivity contribution in [2.24, 2.45) is 0 Å². The van der Waals surface area contributed by atoms with Gasteiger partial charge in [0.2, 0.25) is 5.91 Å². The fourth-order valence-electron chi connectivity index (χ4n) is 1.64. The zero-order valence-electron chi connectivity index (χ0n) is 11.3. The molecule has 104 valence electrons. The van der Waals surface area contributed by atoms with Gasteiger partial charge in [-0.1, -0.05) is 30.3 Å². The molecule has 0 radical (unpaired) electrons. The van der Waals surface area contributed by atoms with Crippen LogP contribution in [0.3, 0.4) is 0 Å². The number of methoxy groups -OCH3 is 1. The van der Waals surface area contributed by atoms with Crippen molar-refractivity contribution in [1.29, 1.82) is 0 Å². The Kier molecular flexibility index (Phi) is 5.42. The summed E-state index contributed by atoms with van der Waals surface area (Å²) in [6.45, 7) is 3.50. The Hall–Kier alpha value is -1.49. The summed E-state index contributed by atoms with van der Waals surface area (Å²) < 4.78 is 3.99.